The van der Waals surface area contributed by atoms with E-state index in [1.54, 1.807) is 18.2 Å². The Morgan fingerprint density at radius 2 is 1.88 bits per heavy atom. The summed E-state index contributed by atoms with van der Waals surface area (Å²) in [6.45, 7) is 3.08. The second-order valence-corrected chi connectivity index (χ2v) is 5.73. The first-order chi connectivity index (χ1) is 11.5. The number of hydrogen-bond acceptors (Lipinski definition) is 4. The fourth-order valence-electron chi connectivity index (χ4n) is 2.08. The maximum absolute atomic E-state index is 11.9. The van der Waals surface area contributed by atoms with Crippen LogP contribution in [0.5, 0.6) is 0 Å². The van der Waals surface area contributed by atoms with Gasteiger partial charge in [0.15, 0.2) is 0 Å². The highest BCUT2D eigenvalue weighted by Gasteiger charge is 2.09. The van der Waals surface area contributed by atoms with Crippen LogP contribution in [-0.4, -0.2) is 23.9 Å². The van der Waals surface area contributed by atoms with Gasteiger partial charge in [-0.2, -0.15) is 0 Å². The molecule has 0 saturated carbocycles. The molecule has 0 unspecified atom stereocenters. The van der Waals surface area contributed by atoms with Crippen molar-refractivity contribution in [3.8, 4) is 0 Å². The summed E-state index contributed by atoms with van der Waals surface area (Å²) in [7, 11) is 0. The van der Waals surface area contributed by atoms with E-state index in [0.717, 1.165) is 5.56 Å². The lowest BCUT2D eigenvalue weighted by molar-refractivity contribution is -0.384. The van der Waals surface area contributed by atoms with Crippen LogP contribution < -0.4 is 10.6 Å². The van der Waals surface area contributed by atoms with Gasteiger partial charge in [-0.15, -0.1) is 0 Å². The Balaban J connectivity index is 1.74. The Morgan fingerprint density at radius 1 is 1.17 bits per heavy atom. The van der Waals surface area contributed by atoms with E-state index in [-0.39, 0.29) is 11.6 Å². The number of hydrogen-bond donors (Lipinski definition) is 2. The molecule has 2 N–H and O–H groups in total. The molecule has 24 heavy (non-hydrogen) atoms. The Bertz CT molecular complexity index is 732. The van der Waals surface area contributed by atoms with Gasteiger partial charge in [0, 0.05) is 30.8 Å². The maximum Gasteiger partial charge on any atom is 0.271 e. The first kappa shape index (κ1) is 17.7. The van der Waals surface area contributed by atoms with E-state index < -0.39 is 4.92 Å². The maximum atomic E-state index is 11.9. The number of anilines is 1. The van der Waals surface area contributed by atoms with E-state index in [0.29, 0.717) is 35.8 Å². The van der Waals surface area contributed by atoms with Crippen LogP contribution >= 0.6 is 11.6 Å². The van der Waals surface area contributed by atoms with Gasteiger partial charge in [-0.05, 0) is 31.5 Å². The number of benzene rings is 2. The van der Waals surface area contributed by atoms with Crippen LogP contribution in [0.1, 0.15) is 22.3 Å². The molecule has 0 fully saturated rings. The minimum atomic E-state index is -0.490. The standard InChI is InChI=1S/C17H18ClN3O3/c1-12-3-5-13(6-4-12)17(22)20-10-2-9-19-16-8-7-14(21(23)24)11-15(16)18/h3-8,11,19H,2,9-10H2,1H3,(H,20,22). The minimum absolute atomic E-state index is 0.0455. The number of carbonyl (C=O) groups is 1. The third-order valence-corrected chi connectivity index (χ3v) is 3.74. The first-order valence-corrected chi connectivity index (χ1v) is 7.88. The summed E-state index contributed by atoms with van der Waals surface area (Å²) in [4.78, 5) is 22.1. The van der Waals surface area contributed by atoms with Gasteiger partial charge >= 0.3 is 0 Å². The fraction of sp³-hybridized carbons (Fsp3) is 0.235. The molecule has 0 atom stereocenters. The highest BCUT2D eigenvalue weighted by atomic mass is 35.5. The topological polar surface area (TPSA) is 84.3 Å². The van der Waals surface area contributed by atoms with Crippen LogP contribution in [0, 0.1) is 17.0 Å². The summed E-state index contributed by atoms with van der Waals surface area (Å²) in [6, 6.07) is 11.7. The Hall–Kier alpha value is -2.60. The third-order valence-electron chi connectivity index (χ3n) is 3.43. The number of halogens is 1. The number of nitro groups is 1. The van der Waals surface area contributed by atoms with Crippen molar-refractivity contribution in [2.75, 3.05) is 18.4 Å². The molecule has 2 aromatic rings. The number of nitro benzene ring substituents is 1. The molecule has 0 saturated heterocycles. The summed E-state index contributed by atoms with van der Waals surface area (Å²) >= 11 is 5.99. The lowest BCUT2D eigenvalue weighted by atomic mass is 10.1. The van der Waals surface area contributed by atoms with Gasteiger partial charge in [-0.25, -0.2) is 0 Å². The van der Waals surface area contributed by atoms with Crippen LogP contribution in [0.4, 0.5) is 11.4 Å². The van der Waals surface area contributed by atoms with Crippen molar-refractivity contribution in [3.63, 3.8) is 0 Å². The monoisotopic (exact) mass is 347 g/mol. The summed E-state index contributed by atoms with van der Waals surface area (Å²) in [6.07, 6.45) is 0.699. The number of nitrogens with zero attached hydrogens (tertiary/aromatic N) is 1. The van der Waals surface area contributed by atoms with Crippen LogP contribution in [0.25, 0.3) is 0 Å². The zero-order valence-electron chi connectivity index (χ0n) is 13.2. The second-order valence-electron chi connectivity index (χ2n) is 5.32. The van der Waals surface area contributed by atoms with Gasteiger partial charge < -0.3 is 10.6 Å². The average molecular weight is 348 g/mol. The van der Waals surface area contributed by atoms with Crippen molar-refractivity contribution < 1.29 is 9.72 Å². The Kier molecular flexibility index (Phi) is 6.14. The number of non-ortho nitro benzene ring substituents is 1. The number of nitrogens with one attached hydrogen (secondary N) is 2. The molecule has 0 aromatic heterocycles. The summed E-state index contributed by atoms with van der Waals surface area (Å²) in [5.74, 6) is -0.108. The van der Waals surface area contributed by atoms with Crippen molar-refractivity contribution in [2.24, 2.45) is 0 Å². The zero-order chi connectivity index (χ0) is 17.5. The zero-order valence-corrected chi connectivity index (χ0v) is 14.0. The highest BCUT2D eigenvalue weighted by Crippen LogP contribution is 2.26. The van der Waals surface area contributed by atoms with Crippen molar-refractivity contribution in [1.82, 2.24) is 5.32 Å². The molecule has 0 aliphatic heterocycles. The number of aryl methyl sites for hydroxylation is 1. The Labute approximate surface area is 145 Å². The predicted molar refractivity (Wildman–Crippen MR) is 94.7 cm³/mol. The van der Waals surface area contributed by atoms with Crippen LogP contribution in [0.2, 0.25) is 5.02 Å². The molecule has 0 radical (unpaired) electrons. The van der Waals surface area contributed by atoms with E-state index in [1.165, 1.54) is 12.1 Å². The normalized spacial score (nSPS) is 10.2. The van der Waals surface area contributed by atoms with Crippen LogP contribution in [-0.2, 0) is 0 Å². The molecule has 1 amide bonds. The van der Waals surface area contributed by atoms with E-state index >= 15 is 0 Å². The fourth-order valence-corrected chi connectivity index (χ4v) is 2.32. The van der Waals surface area contributed by atoms with Crippen molar-refractivity contribution >= 4 is 28.9 Å². The van der Waals surface area contributed by atoms with E-state index in [2.05, 4.69) is 10.6 Å². The smallest absolute Gasteiger partial charge is 0.271 e. The predicted octanol–water partition coefficient (Wildman–Crippen LogP) is 3.79. The molecular formula is C17H18ClN3O3. The molecule has 7 heteroatoms. The van der Waals surface area contributed by atoms with Gasteiger partial charge in [0.1, 0.15) is 0 Å². The van der Waals surface area contributed by atoms with E-state index in [1.807, 2.05) is 19.1 Å². The summed E-state index contributed by atoms with van der Waals surface area (Å²) < 4.78 is 0. The number of amides is 1. The van der Waals surface area contributed by atoms with Gasteiger partial charge in [0.2, 0.25) is 0 Å². The summed E-state index contributed by atoms with van der Waals surface area (Å²) in [5.41, 5.74) is 2.32. The number of carbonyl (C=O) groups excluding carboxylic acids is 1. The molecule has 0 aliphatic carbocycles. The van der Waals surface area contributed by atoms with Gasteiger partial charge in [-0.3, -0.25) is 14.9 Å². The third kappa shape index (κ3) is 4.96. The molecular weight excluding hydrogens is 330 g/mol. The first-order valence-electron chi connectivity index (χ1n) is 7.50. The minimum Gasteiger partial charge on any atom is -0.384 e. The lowest BCUT2D eigenvalue weighted by Gasteiger charge is -2.09. The molecule has 6 nitrogen and oxygen atoms in total. The summed E-state index contributed by atoms with van der Waals surface area (Å²) in [5, 5.41) is 16.9. The SMILES string of the molecule is Cc1ccc(C(=O)NCCCNc2ccc([N+](=O)[O-])cc2Cl)cc1. The molecule has 0 aliphatic rings. The molecule has 2 aromatic carbocycles. The highest BCUT2D eigenvalue weighted by molar-refractivity contribution is 6.33. The van der Waals surface area contributed by atoms with E-state index in [9.17, 15) is 14.9 Å². The van der Waals surface area contributed by atoms with Crippen LogP contribution in [0.15, 0.2) is 42.5 Å². The van der Waals surface area contributed by atoms with Gasteiger partial charge in [0.05, 0.1) is 15.6 Å². The van der Waals surface area contributed by atoms with Crippen LogP contribution in [0.3, 0.4) is 0 Å². The van der Waals surface area contributed by atoms with Crippen molar-refractivity contribution in [1.29, 1.82) is 0 Å². The quantitative estimate of drug-likeness (QED) is 0.453. The second kappa shape index (κ2) is 8.31. The lowest BCUT2D eigenvalue weighted by Crippen LogP contribution is -2.25. The largest absolute Gasteiger partial charge is 0.384 e. The van der Waals surface area contributed by atoms with Gasteiger partial charge in [0.25, 0.3) is 11.6 Å². The van der Waals surface area contributed by atoms with Crippen molar-refractivity contribution in [3.05, 3.63) is 68.7 Å². The molecule has 2 rings (SSSR count). The Morgan fingerprint density at radius 3 is 2.50 bits per heavy atom. The molecule has 126 valence electrons. The number of rotatable bonds is 7. The van der Waals surface area contributed by atoms with Gasteiger partial charge in [-0.1, -0.05) is 29.3 Å². The van der Waals surface area contributed by atoms with E-state index in [4.69, 9.17) is 11.6 Å². The molecule has 0 bridgehead atoms. The van der Waals surface area contributed by atoms with Crippen molar-refractivity contribution in [2.45, 2.75) is 13.3 Å². The average Bonchev–Trinajstić information content (AvgIpc) is 2.56. The molecule has 0 heterocycles. The molecule has 0 spiro atoms.